The van der Waals surface area contributed by atoms with Gasteiger partial charge in [-0.25, -0.2) is 0 Å². The summed E-state index contributed by atoms with van der Waals surface area (Å²) >= 11 is 0. The van der Waals surface area contributed by atoms with E-state index in [1.807, 2.05) is 6.92 Å². The molecule has 98 valence electrons. The molecular formula is C14H25NO2. The molecule has 2 aliphatic rings. The van der Waals surface area contributed by atoms with Gasteiger partial charge < -0.3 is 5.11 Å². The molecule has 1 heterocycles. The van der Waals surface area contributed by atoms with E-state index in [1.54, 1.807) is 0 Å². The van der Waals surface area contributed by atoms with Crippen LogP contribution in [0, 0.1) is 11.8 Å². The van der Waals surface area contributed by atoms with Crippen LogP contribution in [0.5, 0.6) is 0 Å². The maximum absolute atomic E-state index is 12.1. The summed E-state index contributed by atoms with van der Waals surface area (Å²) < 4.78 is 0. The first-order chi connectivity index (χ1) is 8.16. The van der Waals surface area contributed by atoms with Crippen LogP contribution in [0.3, 0.4) is 0 Å². The molecule has 0 spiro atoms. The third kappa shape index (κ3) is 3.52. The van der Waals surface area contributed by atoms with Crippen molar-refractivity contribution in [1.82, 2.24) is 4.90 Å². The molecule has 0 aromatic rings. The van der Waals surface area contributed by atoms with E-state index >= 15 is 0 Å². The van der Waals surface area contributed by atoms with Crippen molar-refractivity contribution in [3.63, 3.8) is 0 Å². The molecule has 2 fully saturated rings. The van der Waals surface area contributed by atoms with Crippen LogP contribution in [0.1, 0.15) is 45.4 Å². The zero-order valence-electron chi connectivity index (χ0n) is 10.9. The summed E-state index contributed by atoms with van der Waals surface area (Å²) in [7, 11) is 0. The number of ketones is 1. The van der Waals surface area contributed by atoms with Crippen molar-refractivity contribution in [2.45, 2.75) is 51.6 Å². The molecule has 3 nitrogen and oxygen atoms in total. The number of rotatable bonds is 4. The predicted molar refractivity (Wildman–Crippen MR) is 67.8 cm³/mol. The monoisotopic (exact) mass is 239 g/mol. The number of aliphatic hydroxyl groups excluding tert-OH is 1. The lowest BCUT2D eigenvalue weighted by Crippen LogP contribution is -2.33. The molecule has 0 amide bonds. The maximum atomic E-state index is 12.1. The average molecular weight is 239 g/mol. The van der Waals surface area contributed by atoms with Crippen LogP contribution in [-0.2, 0) is 4.79 Å². The fourth-order valence-corrected chi connectivity index (χ4v) is 3.17. The summed E-state index contributed by atoms with van der Waals surface area (Å²) in [5, 5.41) is 9.54. The van der Waals surface area contributed by atoms with Crippen molar-refractivity contribution in [3.05, 3.63) is 0 Å². The van der Waals surface area contributed by atoms with Gasteiger partial charge in [-0.2, -0.15) is 0 Å². The van der Waals surface area contributed by atoms with E-state index in [0.717, 1.165) is 32.4 Å². The Bertz CT molecular complexity index is 259. The van der Waals surface area contributed by atoms with Gasteiger partial charge in [0.05, 0.1) is 12.6 Å². The lowest BCUT2D eigenvalue weighted by molar-refractivity contribution is -0.124. The Labute approximate surface area is 104 Å². The number of aliphatic hydroxyl groups is 1. The summed E-state index contributed by atoms with van der Waals surface area (Å²) in [6.45, 7) is 4.36. The molecule has 0 aromatic heterocycles. The zero-order valence-corrected chi connectivity index (χ0v) is 10.9. The topological polar surface area (TPSA) is 40.5 Å². The molecule has 0 radical (unpaired) electrons. The normalized spacial score (nSPS) is 29.4. The number of carbonyl (C=O) groups excluding carboxylic acids is 1. The van der Waals surface area contributed by atoms with Gasteiger partial charge in [-0.1, -0.05) is 19.3 Å². The van der Waals surface area contributed by atoms with Crippen LogP contribution in [0.2, 0.25) is 0 Å². The van der Waals surface area contributed by atoms with Gasteiger partial charge in [0.25, 0.3) is 0 Å². The van der Waals surface area contributed by atoms with Gasteiger partial charge in [0.15, 0.2) is 0 Å². The van der Waals surface area contributed by atoms with E-state index in [4.69, 9.17) is 0 Å². The molecular weight excluding hydrogens is 214 g/mol. The number of Topliss-reactive ketones (excluding diaryl/α,β-unsaturated/α-hetero) is 1. The van der Waals surface area contributed by atoms with Gasteiger partial charge in [-0.15, -0.1) is 0 Å². The fourth-order valence-electron chi connectivity index (χ4n) is 3.17. The predicted octanol–water partition coefficient (Wildman–Crippen LogP) is 1.84. The van der Waals surface area contributed by atoms with Gasteiger partial charge in [-0.3, -0.25) is 9.69 Å². The van der Waals surface area contributed by atoms with Crippen LogP contribution in [0.25, 0.3) is 0 Å². The highest BCUT2D eigenvalue weighted by molar-refractivity contribution is 5.83. The highest BCUT2D eigenvalue weighted by Crippen LogP contribution is 2.26. The first-order valence-electron chi connectivity index (χ1n) is 7.10. The van der Waals surface area contributed by atoms with Gasteiger partial charge in [0.1, 0.15) is 5.78 Å². The molecule has 3 heteroatoms. The highest BCUT2D eigenvalue weighted by Gasteiger charge is 2.29. The smallest absolute Gasteiger partial charge is 0.149 e. The van der Waals surface area contributed by atoms with E-state index in [0.29, 0.717) is 24.2 Å². The Morgan fingerprint density at radius 2 is 2.00 bits per heavy atom. The number of nitrogens with zero attached hydrogens (tertiary/aromatic N) is 1. The van der Waals surface area contributed by atoms with E-state index in [1.165, 1.54) is 19.3 Å². The molecule has 1 N–H and O–H groups in total. The lowest BCUT2D eigenvalue weighted by atomic mass is 9.86. The summed E-state index contributed by atoms with van der Waals surface area (Å²) in [6, 6.07) is 0. The third-order valence-corrected chi connectivity index (χ3v) is 4.43. The largest absolute Gasteiger partial charge is 0.393 e. The molecule has 2 unspecified atom stereocenters. The first-order valence-corrected chi connectivity index (χ1v) is 7.10. The Kier molecular flexibility index (Phi) is 4.57. The summed E-state index contributed by atoms with van der Waals surface area (Å²) in [4.78, 5) is 14.4. The van der Waals surface area contributed by atoms with Gasteiger partial charge in [0.2, 0.25) is 0 Å². The minimum atomic E-state index is -0.232. The molecule has 0 bridgehead atoms. The first kappa shape index (κ1) is 13.0. The van der Waals surface area contributed by atoms with Crippen LogP contribution in [0.4, 0.5) is 0 Å². The second-order valence-electron chi connectivity index (χ2n) is 5.83. The van der Waals surface area contributed by atoms with Crippen LogP contribution in [0.15, 0.2) is 0 Å². The van der Waals surface area contributed by atoms with Crippen molar-refractivity contribution in [2.75, 3.05) is 19.6 Å². The molecule has 1 aliphatic heterocycles. The Morgan fingerprint density at radius 3 is 2.59 bits per heavy atom. The van der Waals surface area contributed by atoms with Gasteiger partial charge in [0, 0.05) is 12.5 Å². The Hall–Kier alpha value is -0.410. The molecule has 2 rings (SSSR count). The van der Waals surface area contributed by atoms with E-state index in [2.05, 4.69) is 4.90 Å². The quantitative estimate of drug-likeness (QED) is 0.814. The summed E-state index contributed by atoms with van der Waals surface area (Å²) in [6.07, 6.45) is 6.77. The molecule has 1 aliphatic carbocycles. The van der Waals surface area contributed by atoms with Crippen molar-refractivity contribution in [1.29, 1.82) is 0 Å². The van der Waals surface area contributed by atoms with Crippen LogP contribution >= 0.6 is 0 Å². The van der Waals surface area contributed by atoms with Crippen LogP contribution in [-0.4, -0.2) is 41.5 Å². The van der Waals surface area contributed by atoms with E-state index < -0.39 is 0 Å². The van der Waals surface area contributed by atoms with Crippen molar-refractivity contribution >= 4 is 5.78 Å². The van der Waals surface area contributed by atoms with Crippen molar-refractivity contribution in [2.24, 2.45) is 11.8 Å². The molecule has 1 saturated carbocycles. The second-order valence-corrected chi connectivity index (χ2v) is 5.83. The van der Waals surface area contributed by atoms with Gasteiger partial charge in [-0.05, 0) is 38.6 Å². The number of carbonyl (C=O) groups is 1. The zero-order chi connectivity index (χ0) is 12.3. The minimum Gasteiger partial charge on any atom is -0.393 e. The van der Waals surface area contributed by atoms with Crippen LogP contribution < -0.4 is 0 Å². The Balaban J connectivity index is 1.75. The number of hydrogen-bond acceptors (Lipinski definition) is 3. The fraction of sp³-hybridized carbons (Fsp3) is 0.929. The summed E-state index contributed by atoms with van der Waals surface area (Å²) in [5.41, 5.74) is 0. The maximum Gasteiger partial charge on any atom is 0.149 e. The second kappa shape index (κ2) is 5.96. The third-order valence-electron chi connectivity index (χ3n) is 4.43. The summed E-state index contributed by atoms with van der Waals surface area (Å²) in [5.74, 6) is 1.14. The minimum absolute atomic E-state index is 0.232. The highest BCUT2D eigenvalue weighted by atomic mass is 16.3. The van der Waals surface area contributed by atoms with E-state index in [9.17, 15) is 9.90 Å². The standard InChI is InChI=1S/C14H25NO2/c1-11(16)13-7-8-15(9-13)10-14(17)12-5-3-2-4-6-12/h11-13,16H,2-10H2,1H3. The van der Waals surface area contributed by atoms with Gasteiger partial charge >= 0.3 is 0 Å². The molecule has 1 saturated heterocycles. The Morgan fingerprint density at radius 1 is 1.29 bits per heavy atom. The molecule has 2 atom stereocenters. The van der Waals surface area contributed by atoms with Crippen molar-refractivity contribution < 1.29 is 9.90 Å². The lowest BCUT2D eigenvalue weighted by Gasteiger charge is -2.23. The number of hydrogen-bond donors (Lipinski definition) is 1. The van der Waals surface area contributed by atoms with Crippen molar-refractivity contribution in [3.8, 4) is 0 Å². The average Bonchev–Trinajstić information content (AvgIpc) is 2.79. The molecule has 0 aromatic carbocycles. The molecule has 17 heavy (non-hydrogen) atoms. The SMILES string of the molecule is CC(O)C1CCN(CC(=O)C2CCCCC2)C1. The number of likely N-dealkylation sites (tertiary alicyclic amines) is 1. The van der Waals surface area contributed by atoms with E-state index in [-0.39, 0.29) is 6.10 Å².